The number of nitrogens with one attached hydrogen (secondary N) is 1. The molecule has 0 aliphatic rings. The molecule has 0 fully saturated rings. The maximum absolute atomic E-state index is 11.2. The molecule has 0 bridgehead atoms. The molecule has 0 unspecified atom stereocenters. The molecule has 1 aromatic heterocycles. The van der Waals surface area contributed by atoms with Crippen molar-refractivity contribution in [3.05, 3.63) is 5.82 Å². The fourth-order valence-electron chi connectivity index (χ4n) is 0.897. The lowest BCUT2D eigenvalue weighted by Gasteiger charge is -1.96. The maximum atomic E-state index is 11.2. The second-order valence-electron chi connectivity index (χ2n) is 2.69. The summed E-state index contributed by atoms with van der Waals surface area (Å²) < 4.78 is 0. The van der Waals surface area contributed by atoms with Crippen LogP contribution >= 0.6 is 0 Å². The molecule has 0 amide bonds. The van der Waals surface area contributed by atoms with E-state index in [1.807, 2.05) is 6.92 Å². The molecule has 0 radical (unpaired) electrons. The Morgan fingerprint density at radius 1 is 1.62 bits per heavy atom. The van der Waals surface area contributed by atoms with Crippen LogP contribution in [0.4, 0.5) is 0 Å². The van der Waals surface area contributed by atoms with Crippen LogP contribution in [0, 0.1) is 0 Å². The first-order valence-electron chi connectivity index (χ1n) is 4.17. The number of carbonyl (C=O) groups excluding carboxylic acids is 1. The van der Waals surface area contributed by atoms with E-state index in [0.29, 0.717) is 12.4 Å². The molecule has 1 rings (SSSR count). The minimum atomic E-state index is 0.0786. The highest BCUT2D eigenvalue weighted by molar-refractivity contribution is 5.81. The van der Waals surface area contributed by atoms with Crippen molar-refractivity contribution < 1.29 is 4.79 Å². The number of rotatable bonds is 5. The van der Waals surface area contributed by atoms with E-state index in [9.17, 15) is 4.79 Å². The summed E-state index contributed by atoms with van der Waals surface area (Å²) in [4.78, 5) is 12.5. The molecule has 1 aromatic rings. The van der Waals surface area contributed by atoms with Crippen LogP contribution in [0.5, 0.6) is 0 Å². The van der Waals surface area contributed by atoms with Crippen molar-refractivity contribution in [3.63, 3.8) is 0 Å². The zero-order chi connectivity index (χ0) is 9.68. The average Bonchev–Trinajstić information content (AvgIpc) is 2.48. The first-order chi connectivity index (χ1) is 6.22. The minimum absolute atomic E-state index is 0.0786. The van der Waals surface area contributed by atoms with Gasteiger partial charge in [-0.3, -0.25) is 4.79 Å². The van der Waals surface area contributed by atoms with Gasteiger partial charge >= 0.3 is 0 Å². The number of aromatic nitrogens is 4. The first kappa shape index (κ1) is 9.79. The van der Waals surface area contributed by atoms with Gasteiger partial charge in [0.1, 0.15) is 0 Å². The van der Waals surface area contributed by atoms with Crippen LogP contribution in [0.25, 0.3) is 0 Å². The van der Waals surface area contributed by atoms with Crippen molar-refractivity contribution in [1.29, 1.82) is 0 Å². The number of ketones is 1. The van der Waals surface area contributed by atoms with Crippen LogP contribution in [0.15, 0.2) is 0 Å². The number of nitrogens with zero attached hydrogens (tertiary/aromatic N) is 4. The third-order valence-electron chi connectivity index (χ3n) is 1.48. The van der Waals surface area contributed by atoms with Gasteiger partial charge in [0, 0.05) is 0 Å². The molecule has 0 atom stereocenters. The quantitative estimate of drug-likeness (QED) is 0.629. The van der Waals surface area contributed by atoms with Gasteiger partial charge in [0.05, 0.1) is 20.0 Å². The van der Waals surface area contributed by atoms with Gasteiger partial charge < -0.3 is 5.32 Å². The van der Waals surface area contributed by atoms with Gasteiger partial charge in [-0.15, -0.1) is 10.2 Å². The molecule has 0 saturated carbocycles. The zero-order valence-electron chi connectivity index (χ0n) is 7.82. The van der Waals surface area contributed by atoms with Crippen molar-refractivity contribution in [2.24, 2.45) is 7.05 Å². The van der Waals surface area contributed by atoms with E-state index in [-0.39, 0.29) is 12.2 Å². The summed E-state index contributed by atoms with van der Waals surface area (Å²) in [5.41, 5.74) is 0. The third kappa shape index (κ3) is 3.29. The van der Waals surface area contributed by atoms with Gasteiger partial charge in [-0.1, -0.05) is 6.92 Å². The average molecular weight is 183 g/mol. The Balaban J connectivity index is 2.36. The topological polar surface area (TPSA) is 72.7 Å². The zero-order valence-corrected chi connectivity index (χ0v) is 7.82. The molecule has 0 aliphatic heterocycles. The fraction of sp³-hybridized carbons (Fsp3) is 0.714. The Morgan fingerprint density at radius 3 is 2.92 bits per heavy atom. The van der Waals surface area contributed by atoms with E-state index >= 15 is 0 Å². The van der Waals surface area contributed by atoms with Gasteiger partial charge in [0.25, 0.3) is 0 Å². The summed E-state index contributed by atoms with van der Waals surface area (Å²) in [6.45, 7) is 3.11. The lowest BCUT2D eigenvalue weighted by Crippen LogP contribution is -2.24. The Labute approximate surface area is 76.3 Å². The van der Waals surface area contributed by atoms with Crippen LogP contribution in [0.3, 0.4) is 0 Å². The van der Waals surface area contributed by atoms with Gasteiger partial charge in [-0.25, -0.2) is 0 Å². The summed E-state index contributed by atoms with van der Waals surface area (Å²) in [7, 11) is 1.67. The van der Waals surface area contributed by atoms with Crippen molar-refractivity contribution >= 4 is 5.78 Å². The molecule has 1 N–H and O–H groups in total. The standard InChI is InChI=1S/C7H13N5O/c1-3-8-5-6(13)4-7-9-11-12(2)10-7/h8H,3-5H2,1-2H3. The maximum Gasteiger partial charge on any atom is 0.182 e. The summed E-state index contributed by atoms with van der Waals surface area (Å²) in [5, 5.41) is 14.2. The van der Waals surface area contributed by atoms with Crippen LogP contribution < -0.4 is 5.32 Å². The van der Waals surface area contributed by atoms with Gasteiger partial charge in [-0.05, 0) is 11.8 Å². The van der Waals surface area contributed by atoms with Crippen LogP contribution in [-0.4, -0.2) is 39.1 Å². The number of hydrogen-bond acceptors (Lipinski definition) is 5. The monoisotopic (exact) mass is 183 g/mol. The molecule has 6 nitrogen and oxygen atoms in total. The van der Waals surface area contributed by atoms with Crippen LogP contribution in [0.1, 0.15) is 12.7 Å². The normalized spacial score (nSPS) is 10.3. The summed E-state index contributed by atoms with van der Waals surface area (Å²) in [5.74, 6) is 0.556. The molecule has 13 heavy (non-hydrogen) atoms. The second kappa shape index (κ2) is 4.66. The van der Waals surface area contributed by atoms with Gasteiger partial charge in [0.2, 0.25) is 0 Å². The van der Waals surface area contributed by atoms with Gasteiger partial charge in [0.15, 0.2) is 11.6 Å². The molecular formula is C7H13N5O. The Morgan fingerprint density at radius 2 is 2.38 bits per heavy atom. The van der Waals surface area contributed by atoms with Crippen molar-refractivity contribution in [1.82, 2.24) is 25.5 Å². The third-order valence-corrected chi connectivity index (χ3v) is 1.48. The highest BCUT2D eigenvalue weighted by Gasteiger charge is 2.06. The van der Waals surface area contributed by atoms with E-state index in [1.165, 1.54) is 4.80 Å². The molecule has 0 spiro atoms. The number of aryl methyl sites for hydroxylation is 1. The van der Waals surface area contributed by atoms with E-state index in [1.54, 1.807) is 7.05 Å². The summed E-state index contributed by atoms with van der Waals surface area (Å²) >= 11 is 0. The summed E-state index contributed by atoms with van der Waals surface area (Å²) in [6, 6.07) is 0. The molecular weight excluding hydrogens is 170 g/mol. The number of hydrogen-bond donors (Lipinski definition) is 1. The second-order valence-corrected chi connectivity index (χ2v) is 2.69. The highest BCUT2D eigenvalue weighted by Crippen LogP contribution is 1.87. The minimum Gasteiger partial charge on any atom is -0.310 e. The van der Waals surface area contributed by atoms with Crippen molar-refractivity contribution in [3.8, 4) is 0 Å². The predicted molar refractivity (Wildman–Crippen MR) is 46.1 cm³/mol. The summed E-state index contributed by atoms with van der Waals surface area (Å²) in [6.07, 6.45) is 0.251. The van der Waals surface area contributed by atoms with E-state index in [2.05, 4.69) is 20.7 Å². The van der Waals surface area contributed by atoms with Crippen molar-refractivity contribution in [2.45, 2.75) is 13.3 Å². The predicted octanol–water partition coefficient (Wildman–Crippen LogP) is -1.07. The molecule has 0 saturated heterocycles. The van der Waals surface area contributed by atoms with Gasteiger partial charge in [-0.2, -0.15) is 4.80 Å². The number of Topliss-reactive ketones (excluding diaryl/α,β-unsaturated/α-hetero) is 1. The molecule has 72 valence electrons. The smallest absolute Gasteiger partial charge is 0.182 e. The molecule has 1 heterocycles. The van der Waals surface area contributed by atoms with Crippen LogP contribution in [-0.2, 0) is 18.3 Å². The Kier molecular flexibility index (Phi) is 3.51. The van der Waals surface area contributed by atoms with Crippen molar-refractivity contribution in [2.75, 3.05) is 13.1 Å². The van der Waals surface area contributed by atoms with E-state index in [0.717, 1.165) is 6.54 Å². The largest absolute Gasteiger partial charge is 0.310 e. The number of tetrazole rings is 1. The van der Waals surface area contributed by atoms with E-state index in [4.69, 9.17) is 0 Å². The molecule has 6 heteroatoms. The lowest BCUT2D eigenvalue weighted by molar-refractivity contribution is -0.117. The fourth-order valence-corrected chi connectivity index (χ4v) is 0.897. The SMILES string of the molecule is CCNCC(=O)Cc1nnn(C)n1. The Hall–Kier alpha value is -1.30. The number of carbonyl (C=O) groups is 1. The first-order valence-corrected chi connectivity index (χ1v) is 4.17. The Bertz CT molecular complexity index is 282. The van der Waals surface area contributed by atoms with E-state index < -0.39 is 0 Å². The highest BCUT2D eigenvalue weighted by atomic mass is 16.1. The lowest BCUT2D eigenvalue weighted by atomic mass is 10.3. The molecule has 0 aliphatic carbocycles. The van der Waals surface area contributed by atoms with Crippen LogP contribution in [0.2, 0.25) is 0 Å². The molecule has 0 aromatic carbocycles. The number of likely N-dealkylation sites (N-methyl/N-ethyl adjacent to an activating group) is 1.